The molecule has 0 amide bonds. The van der Waals surface area contributed by atoms with Crippen LogP contribution in [0, 0.1) is 0 Å². The molecule has 0 atom stereocenters. The van der Waals surface area contributed by atoms with E-state index >= 15 is 0 Å². The highest BCUT2D eigenvalue weighted by atomic mass is 15.0. The standard InChI is InChI=1S/C58H37N/c1-2-17-43(18-3-1)59-55-28-13-12-21-47(55)54-37-53(46-20-6-11-26-52(46)58(54)59)40-31-35-42(36-32-40)57-50-24-9-7-22-48(50)56(49-23-8-10-25-51(49)57)41-33-29-39(30-34-41)45-27-14-16-38-15-4-5-19-44(38)45/h1-37H. The molecule has 12 rings (SSSR count). The second kappa shape index (κ2) is 13.4. The molecule has 0 aliphatic carbocycles. The van der Waals surface area contributed by atoms with E-state index in [0.717, 1.165) is 0 Å². The van der Waals surface area contributed by atoms with Gasteiger partial charge in [-0.05, 0) is 106 Å². The lowest BCUT2D eigenvalue weighted by atomic mass is 9.85. The molecule has 1 heterocycles. The molecule has 11 aromatic carbocycles. The number of hydrogen-bond acceptors (Lipinski definition) is 0. The fourth-order valence-electron chi connectivity index (χ4n) is 9.77. The van der Waals surface area contributed by atoms with E-state index in [9.17, 15) is 0 Å². The highest BCUT2D eigenvalue weighted by Gasteiger charge is 2.20. The number of rotatable bonds is 5. The van der Waals surface area contributed by atoms with Crippen molar-refractivity contribution < 1.29 is 0 Å². The Hall–Kier alpha value is -7.74. The van der Waals surface area contributed by atoms with Gasteiger partial charge in [-0.15, -0.1) is 0 Å². The van der Waals surface area contributed by atoms with Gasteiger partial charge in [0.05, 0.1) is 11.0 Å². The monoisotopic (exact) mass is 747 g/mol. The molecule has 0 spiro atoms. The maximum Gasteiger partial charge on any atom is 0.0619 e. The average molecular weight is 748 g/mol. The van der Waals surface area contributed by atoms with Crippen molar-refractivity contribution in [1.82, 2.24) is 4.57 Å². The summed E-state index contributed by atoms with van der Waals surface area (Å²) in [6.07, 6.45) is 0. The molecular weight excluding hydrogens is 711 g/mol. The number of benzene rings is 11. The molecule has 12 aromatic rings. The third-order valence-electron chi connectivity index (χ3n) is 12.4. The largest absolute Gasteiger partial charge is 0.309 e. The van der Waals surface area contributed by atoms with Crippen LogP contribution in [-0.2, 0) is 0 Å². The molecule has 1 heteroatoms. The predicted octanol–water partition coefficient (Wildman–Crippen LogP) is 16.1. The number of aromatic nitrogens is 1. The summed E-state index contributed by atoms with van der Waals surface area (Å²) >= 11 is 0. The molecule has 0 aliphatic heterocycles. The molecule has 1 aromatic heterocycles. The van der Waals surface area contributed by atoms with Crippen LogP contribution in [0.5, 0.6) is 0 Å². The minimum Gasteiger partial charge on any atom is -0.309 e. The van der Waals surface area contributed by atoms with Crippen molar-refractivity contribution >= 4 is 64.9 Å². The summed E-state index contributed by atoms with van der Waals surface area (Å²) in [4.78, 5) is 0. The topological polar surface area (TPSA) is 4.93 Å². The molecule has 0 saturated heterocycles. The molecule has 274 valence electrons. The van der Waals surface area contributed by atoms with Crippen LogP contribution in [0.1, 0.15) is 0 Å². The summed E-state index contributed by atoms with van der Waals surface area (Å²) in [6, 6.07) is 82.4. The normalized spacial score (nSPS) is 11.7. The van der Waals surface area contributed by atoms with Crippen LogP contribution in [-0.4, -0.2) is 4.57 Å². The van der Waals surface area contributed by atoms with Gasteiger partial charge in [-0.25, -0.2) is 0 Å². The fourth-order valence-corrected chi connectivity index (χ4v) is 9.77. The molecular formula is C58H37N. The van der Waals surface area contributed by atoms with Gasteiger partial charge < -0.3 is 4.57 Å². The zero-order valence-corrected chi connectivity index (χ0v) is 32.3. The van der Waals surface area contributed by atoms with E-state index in [-0.39, 0.29) is 0 Å². The van der Waals surface area contributed by atoms with Crippen molar-refractivity contribution in [1.29, 1.82) is 0 Å². The summed E-state index contributed by atoms with van der Waals surface area (Å²) in [5, 5.41) is 12.6. The van der Waals surface area contributed by atoms with Crippen LogP contribution in [0.15, 0.2) is 224 Å². The molecule has 0 saturated carbocycles. The fraction of sp³-hybridized carbons (Fsp3) is 0. The Morgan fingerprint density at radius 3 is 1.31 bits per heavy atom. The molecule has 0 unspecified atom stereocenters. The number of nitrogens with zero attached hydrogens (tertiary/aromatic N) is 1. The van der Waals surface area contributed by atoms with E-state index in [0.29, 0.717) is 0 Å². The Balaban J connectivity index is 1.01. The smallest absolute Gasteiger partial charge is 0.0619 e. The molecule has 0 aliphatic rings. The van der Waals surface area contributed by atoms with Crippen LogP contribution < -0.4 is 0 Å². The van der Waals surface area contributed by atoms with Crippen molar-refractivity contribution in [3.05, 3.63) is 224 Å². The van der Waals surface area contributed by atoms with Crippen LogP contribution in [0.4, 0.5) is 0 Å². The Kier molecular flexibility index (Phi) is 7.61. The van der Waals surface area contributed by atoms with Crippen molar-refractivity contribution in [2.24, 2.45) is 0 Å². The summed E-state index contributed by atoms with van der Waals surface area (Å²) in [5.41, 5.74) is 13.5. The quantitative estimate of drug-likeness (QED) is 0.155. The van der Waals surface area contributed by atoms with E-state index in [1.54, 1.807) is 0 Å². The summed E-state index contributed by atoms with van der Waals surface area (Å²) in [7, 11) is 0. The van der Waals surface area contributed by atoms with Gasteiger partial charge in [0.1, 0.15) is 0 Å². The van der Waals surface area contributed by atoms with Crippen LogP contribution in [0.2, 0.25) is 0 Å². The van der Waals surface area contributed by atoms with Crippen molar-refractivity contribution in [3.63, 3.8) is 0 Å². The van der Waals surface area contributed by atoms with Gasteiger partial charge >= 0.3 is 0 Å². The number of para-hydroxylation sites is 2. The second-order valence-corrected chi connectivity index (χ2v) is 15.6. The highest BCUT2D eigenvalue weighted by molar-refractivity contribution is 6.23. The van der Waals surface area contributed by atoms with Gasteiger partial charge in [0, 0.05) is 21.8 Å². The van der Waals surface area contributed by atoms with E-state index < -0.39 is 0 Å². The second-order valence-electron chi connectivity index (χ2n) is 15.6. The highest BCUT2D eigenvalue weighted by Crippen LogP contribution is 2.46. The molecule has 0 radical (unpaired) electrons. The Morgan fingerprint density at radius 1 is 0.254 bits per heavy atom. The van der Waals surface area contributed by atoms with Crippen LogP contribution in [0.3, 0.4) is 0 Å². The van der Waals surface area contributed by atoms with Gasteiger partial charge in [0.25, 0.3) is 0 Å². The molecule has 0 bridgehead atoms. The lowest BCUT2D eigenvalue weighted by Crippen LogP contribution is -1.94. The minimum atomic E-state index is 1.17. The van der Waals surface area contributed by atoms with Gasteiger partial charge in [0.15, 0.2) is 0 Å². The van der Waals surface area contributed by atoms with Crippen LogP contribution >= 0.6 is 0 Å². The third kappa shape index (κ3) is 5.25. The number of hydrogen-bond donors (Lipinski definition) is 0. The first-order chi connectivity index (χ1) is 29.3. The number of fused-ring (bicyclic) bond motifs is 8. The zero-order valence-electron chi connectivity index (χ0n) is 32.3. The first-order valence-electron chi connectivity index (χ1n) is 20.4. The minimum absolute atomic E-state index is 1.17. The van der Waals surface area contributed by atoms with Gasteiger partial charge in [0.2, 0.25) is 0 Å². The Morgan fingerprint density at radius 2 is 0.695 bits per heavy atom. The van der Waals surface area contributed by atoms with Gasteiger partial charge in [-0.1, -0.05) is 200 Å². The van der Waals surface area contributed by atoms with E-state index in [2.05, 4.69) is 229 Å². The van der Waals surface area contributed by atoms with Crippen LogP contribution in [0.25, 0.3) is 115 Å². The van der Waals surface area contributed by atoms with E-state index in [1.165, 1.54) is 115 Å². The third-order valence-corrected chi connectivity index (χ3v) is 12.4. The summed E-state index contributed by atoms with van der Waals surface area (Å²) < 4.78 is 2.43. The first-order valence-corrected chi connectivity index (χ1v) is 20.4. The molecule has 59 heavy (non-hydrogen) atoms. The molecule has 0 fully saturated rings. The van der Waals surface area contributed by atoms with Crippen molar-refractivity contribution in [2.75, 3.05) is 0 Å². The molecule has 1 nitrogen and oxygen atoms in total. The summed E-state index contributed by atoms with van der Waals surface area (Å²) in [6.45, 7) is 0. The molecule has 0 N–H and O–H groups in total. The summed E-state index contributed by atoms with van der Waals surface area (Å²) in [5.74, 6) is 0. The Labute approximate surface area is 342 Å². The first kappa shape index (κ1) is 33.4. The maximum absolute atomic E-state index is 2.43. The van der Waals surface area contributed by atoms with Gasteiger partial charge in [-0.2, -0.15) is 0 Å². The lowest BCUT2D eigenvalue weighted by Gasteiger charge is -2.18. The average Bonchev–Trinajstić information content (AvgIpc) is 3.65. The SMILES string of the molecule is c1ccc(-n2c3ccccc3c3cc(-c4ccc(-c5c6ccccc6c(-c6ccc(-c7cccc8ccccc78)cc6)c6ccccc56)cc4)c4ccccc4c32)cc1. The lowest BCUT2D eigenvalue weighted by molar-refractivity contribution is 1.19. The van der Waals surface area contributed by atoms with Crippen molar-refractivity contribution in [2.45, 2.75) is 0 Å². The van der Waals surface area contributed by atoms with Gasteiger partial charge in [-0.3, -0.25) is 0 Å². The maximum atomic E-state index is 2.43. The van der Waals surface area contributed by atoms with E-state index in [4.69, 9.17) is 0 Å². The van der Waals surface area contributed by atoms with E-state index in [1.807, 2.05) is 0 Å². The zero-order chi connectivity index (χ0) is 38.9. The predicted molar refractivity (Wildman–Crippen MR) is 253 cm³/mol. The Bertz CT molecular complexity index is 3510. The van der Waals surface area contributed by atoms with Crippen molar-refractivity contribution in [3.8, 4) is 50.2 Å².